The Kier molecular flexibility index (Phi) is 4.37. The third-order valence-electron chi connectivity index (χ3n) is 5.21. The van der Waals surface area contributed by atoms with Crippen LogP contribution in [-0.2, 0) is 4.79 Å². The Morgan fingerprint density at radius 3 is 2.46 bits per heavy atom. The molecular weight excluding hydrogens is 360 g/mol. The van der Waals surface area contributed by atoms with Gasteiger partial charge in [-0.1, -0.05) is 18.2 Å². The Hall–Kier alpha value is -3.23. The first-order chi connectivity index (χ1) is 13.4. The summed E-state index contributed by atoms with van der Waals surface area (Å²) in [5.41, 5.74) is 0.0362. The van der Waals surface area contributed by atoms with Gasteiger partial charge >= 0.3 is 5.56 Å². The molecule has 1 fully saturated rings. The number of quaternary nitrogens is 1. The fourth-order valence-corrected chi connectivity index (χ4v) is 3.70. The zero-order valence-electron chi connectivity index (χ0n) is 15.4. The van der Waals surface area contributed by atoms with Gasteiger partial charge in [-0.3, -0.25) is 14.2 Å². The number of pyridine rings is 2. The van der Waals surface area contributed by atoms with Crippen molar-refractivity contribution in [3.8, 4) is 11.4 Å². The summed E-state index contributed by atoms with van der Waals surface area (Å²) < 4.78 is 0.381. The van der Waals surface area contributed by atoms with Crippen LogP contribution in [0.2, 0.25) is 0 Å². The van der Waals surface area contributed by atoms with Gasteiger partial charge in [0.1, 0.15) is 13.1 Å². The number of carbonyl (C=O) groups is 1. The molecule has 0 radical (unpaired) electrons. The number of aromatic nitrogens is 2. The predicted octanol–water partition coefficient (Wildman–Crippen LogP) is 1.76. The first-order valence-electron chi connectivity index (χ1n) is 9.05. The smallest absolute Gasteiger partial charge is 0.322 e. The van der Waals surface area contributed by atoms with Crippen LogP contribution in [0.3, 0.4) is 0 Å². The Morgan fingerprint density at radius 1 is 1.14 bits per heavy atom. The van der Waals surface area contributed by atoms with Crippen molar-refractivity contribution in [1.29, 1.82) is 0 Å². The maximum absolute atomic E-state index is 13.6. The molecule has 0 atom stereocenters. The second kappa shape index (κ2) is 6.74. The number of amides is 1. The standard InChI is InChI=1S/C20H20N4O4/c1-14(25)22-10-12-24(28,13-11-22)17-18(26)16-8-5-9-21-19(16)23(20(17)27)15-6-3-2-4-7-15/h2-9,26H,10-13H2,1H3. The van der Waals surface area contributed by atoms with E-state index in [4.69, 9.17) is 0 Å². The molecule has 3 aromatic rings. The number of fused-ring (bicyclic) bond motifs is 1. The normalized spacial score (nSPS) is 16.3. The monoisotopic (exact) mass is 380 g/mol. The molecule has 1 saturated heterocycles. The largest absolute Gasteiger partial charge is 0.627 e. The predicted molar refractivity (Wildman–Crippen MR) is 106 cm³/mol. The molecule has 3 heterocycles. The van der Waals surface area contributed by atoms with Gasteiger partial charge in [-0.05, 0) is 24.3 Å². The molecule has 0 saturated carbocycles. The molecule has 1 aromatic carbocycles. The van der Waals surface area contributed by atoms with Crippen molar-refractivity contribution < 1.29 is 9.90 Å². The molecule has 1 aliphatic rings. The first-order valence-corrected chi connectivity index (χ1v) is 9.05. The number of piperazine rings is 1. The molecule has 1 amide bonds. The SMILES string of the molecule is CC(=O)N1CC[N+]([O-])(c2c(O)c3cccnc3n(-c3ccccc3)c2=O)CC1. The van der Waals surface area contributed by atoms with Crippen LogP contribution in [0, 0.1) is 5.21 Å². The molecule has 1 aliphatic heterocycles. The lowest BCUT2D eigenvalue weighted by molar-refractivity contribution is -0.130. The van der Waals surface area contributed by atoms with E-state index in [1.807, 2.05) is 6.07 Å². The summed E-state index contributed by atoms with van der Waals surface area (Å²) in [7, 11) is 0. The van der Waals surface area contributed by atoms with Crippen LogP contribution in [-0.4, -0.2) is 51.6 Å². The summed E-state index contributed by atoms with van der Waals surface area (Å²) in [5, 5.41) is 24.7. The van der Waals surface area contributed by atoms with Gasteiger partial charge in [0.25, 0.3) is 0 Å². The Labute approximate surface area is 161 Å². The number of hydrogen-bond donors (Lipinski definition) is 1. The molecule has 4 rings (SSSR count). The fourth-order valence-electron chi connectivity index (χ4n) is 3.70. The van der Waals surface area contributed by atoms with Crippen molar-refractivity contribution >= 4 is 22.6 Å². The minimum Gasteiger partial charge on any atom is -0.627 e. The van der Waals surface area contributed by atoms with Crippen molar-refractivity contribution in [3.05, 3.63) is 64.2 Å². The summed E-state index contributed by atoms with van der Waals surface area (Å²) in [6.45, 7) is 1.92. The van der Waals surface area contributed by atoms with Crippen molar-refractivity contribution in [2.75, 3.05) is 26.2 Å². The second-order valence-corrected chi connectivity index (χ2v) is 6.89. The number of aromatic hydroxyl groups is 1. The van der Waals surface area contributed by atoms with E-state index in [0.717, 1.165) is 0 Å². The van der Waals surface area contributed by atoms with Crippen molar-refractivity contribution in [1.82, 2.24) is 19.1 Å². The van der Waals surface area contributed by atoms with Crippen LogP contribution in [0.25, 0.3) is 16.7 Å². The zero-order valence-corrected chi connectivity index (χ0v) is 15.4. The van der Waals surface area contributed by atoms with E-state index < -0.39 is 10.2 Å². The van der Waals surface area contributed by atoms with Gasteiger partial charge in [0.15, 0.2) is 11.4 Å². The highest BCUT2D eigenvalue weighted by Gasteiger charge is 2.36. The molecule has 28 heavy (non-hydrogen) atoms. The quantitative estimate of drug-likeness (QED) is 0.540. The molecule has 8 heteroatoms. The highest BCUT2D eigenvalue weighted by Crippen LogP contribution is 2.36. The average Bonchev–Trinajstić information content (AvgIpc) is 2.69. The second-order valence-electron chi connectivity index (χ2n) is 6.89. The molecule has 0 unspecified atom stereocenters. The van der Waals surface area contributed by atoms with Crippen LogP contribution in [0.5, 0.6) is 5.75 Å². The van der Waals surface area contributed by atoms with E-state index >= 15 is 0 Å². The molecule has 2 aromatic heterocycles. The third kappa shape index (κ3) is 2.83. The molecule has 8 nitrogen and oxygen atoms in total. The minimum absolute atomic E-state index is 0.00292. The average molecular weight is 380 g/mol. The highest BCUT2D eigenvalue weighted by atomic mass is 16.5. The van der Waals surface area contributed by atoms with Crippen LogP contribution in [0.15, 0.2) is 53.5 Å². The highest BCUT2D eigenvalue weighted by molar-refractivity contribution is 5.88. The van der Waals surface area contributed by atoms with Crippen molar-refractivity contribution in [2.45, 2.75) is 6.92 Å². The van der Waals surface area contributed by atoms with E-state index in [1.165, 1.54) is 17.7 Å². The number of nitrogens with zero attached hydrogens (tertiary/aromatic N) is 4. The van der Waals surface area contributed by atoms with E-state index in [0.29, 0.717) is 11.1 Å². The van der Waals surface area contributed by atoms with E-state index in [9.17, 15) is 19.9 Å². The Bertz CT molecular complexity index is 1100. The zero-order chi connectivity index (χ0) is 19.9. The lowest BCUT2D eigenvalue weighted by Gasteiger charge is -2.47. The van der Waals surface area contributed by atoms with Crippen molar-refractivity contribution in [3.63, 3.8) is 0 Å². The van der Waals surface area contributed by atoms with Gasteiger partial charge in [0.05, 0.1) is 24.2 Å². The van der Waals surface area contributed by atoms with Crippen molar-refractivity contribution in [2.24, 2.45) is 0 Å². The van der Waals surface area contributed by atoms with E-state index in [1.54, 1.807) is 41.3 Å². The fraction of sp³-hybridized carbons (Fsp3) is 0.250. The topological polar surface area (TPSA) is 98.5 Å². The number of para-hydroxylation sites is 1. The van der Waals surface area contributed by atoms with Crippen LogP contribution in [0.4, 0.5) is 5.69 Å². The van der Waals surface area contributed by atoms with Gasteiger partial charge in [0.2, 0.25) is 11.6 Å². The number of benzene rings is 1. The summed E-state index contributed by atoms with van der Waals surface area (Å²) in [6, 6.07) is 12.2. The van der Waals surface area contributed by atoms with E-state index in [-0.39, 0.29) is 49.2 Å². The number of hydroxylamine groups is 2. The molecule has 0 bridgehead atoms. The summed E-state index contributed by atoms with van der Waals surface area (Å²) in [6.07, 6.45) is 1.54. The van der Waals surface area contributed by atoms with Crippen LogP contribution < -0.4 is 10.2 Å². The van der Waals surface area contributed by atoms with Gasteiger partial charge < -0.3 is 19.9 Å². The third-order valence-corrected chi connectivity index (χ3v) is 5.21. The van der Waals surface area contributed by atoms with Gasteiger partial charge in [-0.25, -0.2) is 4.98 Å². The van der Waals surface area contributed by atoms with Crippen LogP contribution >= 0.6 is 0 Å². The molecule has 144 valence electrons. The maximum Gasteiger partial charge on any atom is 0.322 e. The van der Waals surface area contributed by atoms with Gasteiger partial charge in [-0.15, -0.1) is 0 Å². The molecule has 0 spiro atoms. The molecule has 0 aliphatic carbocycles. The maximum atomic E-state index is 13.6. The lowest BCUT2D eigenvalue weighted by Crippen LogP contribution is -2.59. The first kappa shape index (κ1) is 18.1. The number of hydrogen-bond acceptors (Lipinski definition) is 5. The molecular formula is C20H20N4O4. The summed E-state index contributed by atoms with van der Waals surface area (Å²) in [4.78, 5) is 30.8. The summed E-state index contributed by atoms with van der Waals surface area (Å²) in [5.74, 6) is -0.452. The minimum atomic E-state index is -0.980. The lowest BCUT2D eigenvalue weighted by atomic mass is 10.1. The summed E-state index contributed by atoms with van der Waals surface area (Å²) >= 11 is 0. The van der Waals surface area contributed by atoms with E-state index in [2.05, 4.69) is 4.98 Å². The molecule has 1 N–H and O–H groups in total. The Balaban J connectivity index is 1.95. The number of rotatable bonds is 2. The van der Waals surface area contributed by atoms with Gasteiger partial charge in [0, 0.05) is 13.1 Å². The Morgan fingerprint density at radius 2 is 1.82 bits per heavy atom. The van der Waals surface area contributed by atoms with Crippen LogP contribution in [0.1, 0.15) is 6.92 Å². The van der Waals surface area contributed by atoms with Gasteiger partial charge in [-0.2, -0.15) is 0 Å². The number of carbonyl (C=O) groups excluding carboxylic acids is 1.